The number of anilines is 1. The van der Waals surface area contributed by atoms with Crippen molar-refractivity contribution in [1.82, 2.24) is 0 Å². The maximum absolute atomic E-state index is 12.8. The highest BCUT2D eigenvalue weighted by Crippen LogP contribution is 2.25. The number of carboxylic acids is 1. The number of carbonyl (C=O) groups excluding carboxylic acids is 1. The molecule has 0 aromatic heterocycles. The molecule has 30 heavy (non-hydrogen) atoms. The zero-order chi connectivity index (χ0) is 21.5. The van der Waals surface area contributed by atoms with Gasteiger partial charge in [0.1, 0.15) is 0 Å². The van der Waals surface area contributed by atoms with Gasteiger partial charge in [-0.05, 0) is 52.9 Å². The Morgan fingerprint density at radius 3 is 2.37 bits per heavy atom. The summed E-state index contributed by atoms with van der Waals surface area (Å²) in [6, 6.07) is 21.5. The van der Waals surface area contributed by atoms with Gasteiger partial charge in [-0.2, -0.15) is 0 Å². The van der Waals surface area contributed by atoms with E-state index >= 15 is 0 Å². The van der Waals surface area contributed by atoms with Crippen LogP contribution < -0.4 is 11.1 Å². The SMILES string of the molecule is N[C@@H](CCO)c1cccc(-c2cccc(C(=O)Nc3ccccc3CC(=O)O)c2)c1. The Morgan fingerprint density at radius 1 is 0.933 bits per heavy atom. The third-order valence-electron chi connectivity index (χ3n) is 4.82. The van der Waals surface area contributed by atoms with Crippen LogP contribution in [0.3, 0.4) is 0 Å². The Hall–Kier alpha value is -3.48. The van der Waals surface area contributed by atoms with E-state index in [1.165, 1.54) is 0 Å². The van der Waals surface area contributed by atoms with Gasteiger partial charge in [-0.1, -0.05) is 48.5 Å². The van der Waals surface area contributed by atoms with E-state index in [2.05, 4.69) is 5.32 Å². The molecule has 0 heterocycles. The zero-order valence-electron chi connectivity index (χ0n) is 16.4. The Kier molecular flexibility index (Phi) is 6.95. The van der Waals surface area contributed by atoms with Crippen molar-refractivity contribution in [3.63, 3.8) is 0 Å². The molecule has 0 aliphatic carbocycles. The number of carbonyl (C=O) groups is 2. The van der Waals surface area contributed by atoms with Crippen molar-refractivity contribution in [2.75, 3.05) is 11.9 Å². The van der Waals surface area contributed by atoms with Gasteiger partial charge >= 0.3 is 5.97 Å². The Bertz CT molecular complexity index is 1050. The second kappa shape index (κ2) is 9.82. The molecular weight excluding hydrogens is 380 g/mol. The first kappa shape index (κ1) is 21.2. The summed E-state index contributed by atoms with van der Waals surface area (Å²) in [6.07, 6.45) is 0.305. The number of benzene rings is 3. The van der Waals surface area contributed by atoms with Crippen LogP contribution in [0.25, 0.3) is 11.1 Å². The molecule has 154 valence electrons. The second-order valence-corrected chi connectivity index (χ2v) is 7.01. The molecule has 3 aromatic rings. The van der Waals surface area contributed by atoms with Crippen LogP contribution in [0.2, 0.25) is 0 Å². The molecule has 6 nitrogen and oxygen atoms in total. The Morgan fingerprint density at radius 2 is 1.63 bits per heavy atom. The lowest BCUT2D eigenvalue weighted by Crippen LogP contribution is -2.14. The van der Waals surface area contributed by atoms with Gasteiger partial charge in [-0.25, -0.2) is 0 Å². The minimum atomic E-state index is -0.960. The lowest BCUT2D eigenvalue weighted by Gasteiger charge is -2.13. The molecule has 0 saturated carbocycles. The van der Waals surface area contributed by atoms with Gasteiger partial charge in [0.2, 0.25) is 0 Å². The van der Waals surface area contributed by atoms with E-state index in [1.807, 2.05) is 30.3 Å². The maximum atomic E-state index is 12.8. The summed E-state index contributed by atoms with van der Waals surface area (Å²) in [5.41, 5.74) is 10.3. The average Bonchev–Trinajstić information content (AvgIpc) is 2.75. The van der Waals surface area contributed by atoms with Crippen molar-refractivity contribution in [3.8, 4) is 11.1 Å². The van der Waals surface area contributed by atoms with Crippen LogP contribution in [0.1, 0.15) is 33.9 Å². The number of hydrogen-bond acceptors (Lipinski definition) is 4. The third kappa shape index (κ3) is 5.31. The van der Waals surface area contributed by atoms with Crippen molar-refractivity contribution in [2.45, 2.75) is 18.9 Å². The molecular formula is C24H24N2O4. The minimum absolute atomic E-state index is 0.0183. The summed E-state index contributed by atoms with van der Waals surface area (Å²) >= 11 is 0. The van der Waals surface area contributed by atoms with Crippen LogP contribution in [0, 0.1) is 0 Å². The minimum Gasteiger partial charge on any atom is -0.481 e. The van der Waals surface area contributed by atoms with Crippen LogP contribution in [-0.2, 0) is 11.2 Å². The van der Waals surface area contributed by atoms with Gasteiger partial charge in [-0.15, -0.1) is 0 Å². The number of amides is 1. The van der Waals surface area contributed by atoms with Crippen molar-refractivity contribution in [2.24, 2.45) is 5.73 Å². The van der Waals surface area contributed by atoms with Gasteiger partial charge in [0, 0.05) is 23.9 Å². The highest BCUT2D eigenvalue weighted by molar-refractivity contribution is 6.05. The van der Waals surface area contributed by atoms with Crippen molar-refractivity contribution < 1.29 is 19.8 Å². The Labute approximate surface area is 175 Å². The largest absolute Gasteiger partial charge is 0.481 e. The number of hydrogen-bond donors (Lipinski definition) is 4. The highest BCUT2D eigenvalue weighted by atomic mass is 16.4. The summed E-state index contributed by atoms with van der Waals surface area (Å²) in [5.74, 6) is -1.28. The van der Waals surface area contributed by atoms with E-state index in [-0.39, 0.29) is 25.0 Å². The molecule has 0 aliphatic heterocycles. The summed E-state index contributed by atoms with van der Waals surface area (Å²) in [7, 11) is 0. The van der Waals surface area contributed by atoms with E-state index in [1.54, 1.807) is 42.5 Å². The van der Waals surface area contributed by atoms with Gasteiger partial charge in [0.15, 0.2) is 0 Å². The van der Waals surface area contributed by atoms with Gasteiger partial charge in [0.05, 0.1) is 6.42 Å². The van der Waals surface area contributed by atoms with Crippen molar-refractivity contribution in [1.29, 1.82) is 0 Å². The molecule has 0 unspecified atom stereocenters. The van der Waals surface area contributed by atoms with Crippen LogP contribution in [0.15, 0.2) is 72.8 Å². The third-order valence-corrected chi connectivity index (χ3v) is 4.82. The number of nitrogens with two attached hydrogens (primary N) is 1. The van der Waals surface area contributed by atoms with Gasteiger partial charge in [-0.3, -0.25) is 9.59 Å². The number of nitrogens with one attached hydrogen (secondary N) is 1. The number of carboxylic acid groups (broad SMARTS) is 1. The molecule has 0 saturated heterocycles. The number of aliphatic hydroxyl groups excluding tert-OH is 1. The molecule has 0 fully saturated rings. The molecule has 3 aromatic carbocycles. The molecule has 5 N–H and O–H groups in total. The van der Waals surface area contributed by atoms with Crippen LogP contribution in [-0.4, -0.2) is 28.7 Å². The lowest BCUT2D eigenvalue weighted by molar-refractivity contribution is -0.136. The standard InChI is InChI=1S/C24H24N2O4/c25-21(11-12-27)18-8-3-6-16(13-18)17-7-4-9-20(14-17)24(30)26-22-10-2-1-5-19(22)15-23(28)29/h1-10,13-14,21,27H,11-12,15,25H2,(H,26,30)(H,28,29)/t21-/m0/s1. The molecule has 6 heteroatoms. The Balaban J connectivity index is 1.83. The summed E-state index contributed by atoms with van der Waals surface area (Å²) < 4.78 is 0. The molecule has 0 aliphatic rings. The van der Waals surface area contributed by atoms with E-state index < -0.39 is 5.97 Å². The van der Waals surface area contributed by atoms with E-state index in [0.29, 0.717) is 23.2 Å². The summed E-state index contributed by atoms with van der Waals surface area (Å²) in [4.78, 5) is 23.8. The first-order chi connectivity index (χ1) is 14.5. The average molecular weight is 404 g/mol. The monoisotopic (exact) mass is 404 g/mol. The predicted octanol–water partition coefficient (Wildman–Crippen LogP) is 3.62. The van der Waals surface area contributed by atoms with Crippen LogP contribution in [0.4, 0.5) is 5.69 Å². The molecule has 0 radical (unpaired) electrons. The number of rotatable bonds is 8. The van der Waals surface area contributed by atoms with Crippen LogP contribution >= 0.6 is 0 Å². The first-order valence-electron chi connectivity index (χ1n) is 9.66. The molecule has 0 bridgehead atoms. The zero-order valence-corrected chi connectivity index (χ0v) is 16.4. The van der Waals surface area contributed by atoms with Crippen molar-refractivity contribution >= 4 is 17.6 Å². The fraction of sp³-hybridized carbons (Fsp3) is 0.167. The maximum Gasteiger partial charge on any atom is 0.307 e. The smallest absolute Gasteiger partial charge is 0.307 e. The molecule has 3 rings (SSSR count). The lowest BCUT2D eigenvalue weighted by atomic mass is 9.97. The first-order valence-corrected chi connectivity index (χ1v) is 9.66. The fourth-order valence-electron chi connectivity index (χ4n) is 3.25. The van der Waals surface area contributed by atoms with Gasteiger partial charge < -0.3 is 21.3 Å². The summed E-state index contributed by atoms with van der Waals surface area (Å²) in [5, 5.41) is 21.0. The van der Waals surface area contributed by atoms with E-state index in [9.17, 15) is 9.59 Å². The molecule has 1 amide bonds. The van der Waals surface area contributed by atoms with E-state index in [0.717, 1.165) is 16.7 Å². The van der Waals surface area contributed by atoms with Crippen molar-refractivity contribution in [3.05, 3.63) is 89.5 Å². The van der Waals surface area contributed by atoms with Crippen LogP contribution in [0.5, 0.6) is 0 Å². The summed E-state index contributed by atoms with van der Waals surface area (Å²) in [6.45, 7) is 0.0183. The quantitative estimate of drug-likeness (QED) is 0.458. The number of para-hydroxylation sites is 1. The number of aliphatic hydroxyl groups is 1. The topological polar surface area (TPSA) is 113 Å². The molecule has 0 spiro atoms. The molecule has 1 atom stereocenters. The second-order valence-electron chi connectivity index (χ2n) is 7.01. The predicted molar refractivity (Wildman–Crippen MR) is 116 cm³/mol. The normalized spacial score (nSPS) is 11.7. The fourth-order valence-corrected chi connectivity index (χ4v) is 3.25. The van der Waals surface area contributed by atoms with Gasteiger partial charge in [0.25, 0.3) is 5.91 Å². The highest BCUT2D eigenvalue weighted by Gasteiger charge is 2.12. The number of aliphatic carboxylic acids is 1. The van der Waals surface area contributed by atoms with E-state index in [4.69, 9.17) is 15.9 Å².